The van der Waals surface area contributed by atoms with Crippen molar-refractivity contribution >= 4 is 11.6 Å². The number of anilines is 1. The lowest BCUT2D eigenvalue weighted by molar-refractivity contribution is 0.0949. The van der Waals surface area contributed by atoms with Crippen molar-refractivity contribution in [3.63, 3.8) is 0 Å². The van der Waals surface area contributed by atoms with E-state index in [0.29, 0.717) is 17.3 Å². The van der Waals surface area contributed by atoms with Gasteiger partial charge < -0.3 is 15.2 Å². The smallest absolute Gasteiger partial charge is 0.251 e. The summed E-state index contributed by atoms with van der Waals surface area (Å²) < 4.78 is 4.83. The number of carbonyl (C=O) groups excluding carboxylic acids is 1. The van der Waals surface area contributed by atoms with Gasteiger partial charge in [0.2, 0.25) is 5.89 Å². The van der Waals surface area contributed by atoms with Crippen LogP contribution in [0.3, 0.4) is 0 Å². The Hall–Kier alpha value is -2.37. The van der Waals surface area contributed by atoms with Gasteiger partial charge in [-0.15, -0.1) is 0 Å². The third-order valence-electron chi connectivity index (χ3n) is 2.73. The zero-order valence-electron chi connectivity index (χ0n) is 11.2. The van der Waals surface area contributed by atoms with Gasteiger partial charge in [0.25, 0.3) is 5.91 Å². The van der Waals surface area contributed by atoms with Crippen molar-refractivity contribution in [3.8, 4) is 0 Å². The van der Waals surface area contributed by atoms with Crippen LogP contribution in [-0.2, 0) is 6.54 Å². The maximum atomic E-state index is 12.0. The molecule has 0 unspecified atom stereocenters. The van der Waals surface area contributed by atoms with Gasteiger partial charge in [-0.1, -0.05) is 5.16 Å². The summed E-state index contributed by atoms with van der Waals surface area (Å²) in [5, 5.41) is 9.52. The Bertz CT molecular complexity index is 592. The molecule has 0 bridgehead atoms. The predicted octanol–water partition coefficient (Wildman–Crippen LogP) is 1.66. The zero-order valence-corrected chi connectivity index (χ0v) is 11.2. The number of amides is 1. The lowest BCUT2D eigenvalue weighted by Crippen LogP contribution is -2.23. The monoisotopic (exact) mass is 260 g/mol. The molecule has 0 aliphatic carbocycles. The van der Waals surface area contributed by atoms with Gasteiger partial charge in [-0.3, -0.25) is 4.79 Å². The molecule has 0 atom stereocenters. The highest BCUT2D eigenvalue weighted by molar-refractivity contribution is 5.94. The van der Waals surface area contributed by atoms with E-state index in [2.05, 4.69) is 20.8 Å². The van der Waals surface area contributed by atoms with Gasteiger partial charge >= 0.3 is 0 Å². The Morgan fingerprint density at radius 1 is 1.37 bits per heavy atom. The number of benzene rings is 1. The molecule has 0 aliphatic rings. The largest absolute Gasteiger partial charge is 0.388 e. The van der Waals surface area contributed by atoms with E-state index >= 15 is 0 Å². The number of hydrogen-bond donors (Lipinski definition) is 2. The highest BCUT2D eigenvalue weighted by atomic mass is 16.5. The van der Waals surface area contributed by atoms with E-state index in [0.717, 1.165) is 11.3 Å². The van der Waals surface area contributed by atoms with Gasteiger partial charge in [0.15, 0.2) is 5.82 Å². The van der Waals surface area contributed by atoms with Crippen LogP contribution in [0.2, 0.25) is 0 Å². The summed E-state index contributed by atoms with van der Waals surface area (Å²) in [6, 6.07) is 5.49. The molecule has 6 heteroatoms. The van der Waals surface area contributed by atoms with Crippen LogP contribution in [0, 0.1) is 13.8 Å². The molecule has 100 valence electrons. The third kappa shape index (κ3) is 3.09. The van der Waals surface area contributed by atoms with Gasteiger partial charge in [-0.25, -0.2) is 0 Å². The third-order valence-corrected chi connectivity index (χ3v) is 2.73. The summed E-state index contributed by atoms with van der Waals surface area (Å²) >= 11 is 0. The van der Waals surface area contributed by atoms with E-state index in [-0.39, 0.29) is 12.5 Å². The fraction of sp³-hybridized carbons (Fsp3) is 0.308. The van der Waals surface area contributed by atoms with Crippen LogP contribution in [0.15, 0.2) is 22.7 Å². The van der Waals surface area contributed by atoms with Gasteiger partial charge in [0.1, 0.15) is 0 Å². The van der Waals surface area contributed by atoms with Crippen molar-refractivity contribution in [1.82, 2.24) is 15.5 Å². The molecule has 1 aromatic heterocycles. The molecule has 0 aliphatic heterocycles. The van der Waals surface area contributed by atoms with Crippen molar-refractivity contribution in [1.29, 1.82) is 0 Å². The van der Waals surface area contributed by atoms with E-state index in [1.807, 2.05) is 26.1 Å². The number of hydrogen-bond acceptors (Lipinski definition) is 5. The molecular formula is C13H16N4O2. The second-order valence-corrected chi connectivity index (χ2v) is 4.19. The van der Waals surface area contributed by atoms with Crippen LogP contribution < -0.4 is 10.6 Å². The maximum Gasteiger partial charge on any atom is 0.251 e. The van der Waals surface area contributed by atoms with Gasteiger partial charge in [-0.05, 0) is 30.7 Å². The van der Waals surface area contributed by atoms with Crippen LogP contribution >= 0.6 is 0 Å². The Labute approximate surface area is 111 Å². The summed E-state index contributed by atoms with van der Waals surface area (Å²) in [6.45, 7) is 3.91. The molecule has 2 N–H and O–H groups in total. The van der Waals surface area contributed by atoms with Crippen molar-refractivity contribution in [2.24, 2.45) is 0 Å². The van der Waals surface area contributed by atoms with E-state index in [1.165, 1.54) is 0 Å². The summed E-state index contributed by atoms with van der Waals surface area (Å²) in [5.74, 6) is 0.793. The van der Waals surface area contributed by atoms with Crippen LogP contribution in [0.1, 0.15) is 27.6 Å². The van der Waals surface area contributed by atoms with Crippen LogP contribution in [0.25, 0.3) is 0 Å². The van der Waals surface area contributed by atoms with E-state index in [4.69, 9.17) is 4.52 Å². The average molecular weight is 260 g/mol. The second kappa shape index (κ2) is 5.51. The normalized spacial score (nSPS) is 10.3. The molecule has 0 saturated heterocycles. The minimum Gasteiger partial charge on any atom is -0.388 e. The quantitative estimate of drug-likeness (QED) is 0.873. The van der Waals surface area contributed by atoms with Crippen LogP contribution in [0.4, 0.5) is 5.69 Å². The van der Waals surface area contributed by atoms with Crippen molar-refractivity contribution in [2.45, 2.75) is 20.4 Å². The summed E-state index contributed by atoms with van der Waals surface area (Å²) in [6.07, 6.45) is 0. The van der Waals surface area contributed by atoms with Crippen LogP contribution in [-0.4, -0.2) is 23.1 Å². The molecule has 1 heterocycles. The SMILES string of the molecule is CNc1ccc(C(=O)NCc2noc(C)n2)cc1C. The van der Waals surface area contributed by atoms with Gasteiger partial charge in [-0.2, -0.15) is 4.98 Å². The summed E-state index contributed by atoms with van der Waals surface area (Å²) in [4.78, 5) is 16.0. The Morgan fingerprint density at radius 3 is 2.74 bits per heavy atom. The molecule has 0 spiro atoms. The van der Waals surface area contributed by atoms with Crippen molar-refractivity contribution < 1.29 is 9.32 Å². The number of rotatable bonds is 4. The number of aromatic nitrogens is 2. The van der Waals surface area contributed by atoms with Crippen LogP contribution in [0.5, 0.6) is 0 Å². The summed E-state index contributed by atoms with van der Waals surface area (Å²) in [5.41, 5.74) is 2.63. The topological polar surface area (TPSA) is 80.0 Å². The fourth-order valence-corrected chi connectivity index (χ4v) is 1.76. The zero-order chi connectivity index (χ0) is 13.8. The molecule has 2 aromatic rings. The molecule has 2 rings (SSSR count). The van der Waals surface area contributed by atoms with Gasteiger partial charge in [0, 0.05) is 25.2 Å². The Kier molecular flexibility index (Phi) is 3.79. The molecule has 19 heavy (non-hydrogen) atoms. The maximum absolute atomic E-state index is 12.0. The van der Waals surface area contributed by atoms with Crippen molar-refractivity contribution in [3.05, 3.63) is 41.0 Å². The number of nitrogens with zero attached hydrogens (tertiary/aromatic N) is 2. The number of aryl methyl sites for hydroxylation is 2. The van der Waals surface area contributed by atoms with E-state index < -0.39 is 0 Å². The highest BCUT2D eigenvalue weighted by Crippen LogP contribution is 2.15. The molecule has 6 nitrogen and oxygen atoms in total. The lowest BCUT2D eigenvalue weighted by atomic mass is 10.1. The van der Waals surface area contributed by atoms with Crippen molar-refractivity contribution in [2.75, 3.05) is 12.4 Å². The van der Waals surface area contributed by atoms with E-state index in [1.54, 1.807) is 13.0 Å². The number of carbonyl (C=O) groups is 1. The molecule has 0 radical (unpaired) electrons. The van der Waals surface area contributed by atoms with Gasteiger partial charge in [0.05, 0.1) is 6.54 Å². The molecular weight excluding hydrogens is 244 g/mol. The first-order chi connectivity index (χ1) is 9.10. The first-order valence-electron chi connectivity index (χ1n) is 5.96. The predicted molar refractivity (Wildman–Crippen MR) is 70.9 cm³/mol. The molecule has 1 aromatic carbocycles. The van der Waals surface area contributed by atoms with E-state index in [9.17, 15) is 4.79 Å². The lowest BCUT2D eigenvalue weighted by Gasteiger charge is -2.07. The first kappa shape index (κ1) is 13.1. The molecule has 1 amide bonds. The molecule has 0 saturated carbocycles. The Morgan fingerprint density at radius 2 is 2.16 bits per heavy atom. The second-order valence-electron chi connectivity index (χ2n) is 4.19. The Balaban J connectivity index is 2.01. The molecule has 0 fully saturated rings. The number of nitrogens with one attached hydrogen (secondary N) is 2. The summed E-state index contributed by atoms with van der Waals surface area (Å²) in [7, 11) is 1.85. The fourth-order valence-electron chi connectivity index (χ4n) is 1.76. The minimum atomic E-state index is -0.159. The average Bonchev–Trinajstić information content (AvgIpc) is 2.81. The highest BCUT2D eigenvalue weighted by Gasteiger charge is 2.09. The minimum absolute atomic E-state index is 0.159. The standard InChI is InChI=1S/C13H16N4O2/c1-8-6-10(4-5-11(8)14-3)13(18)15-7-12-16-9(2)19-17-12/h4-6,14H,7H2,1-3H3,(H,15,18). The first-order valence-corrected chi connectivity index (χ1v) is 5.96.